The van der Waals surface area contributed by atoms with Crippen LogP contribution in [0.2, 0.25) is 0 Å². The molecule has 0 aliphatic rings. The van der Waals surface area contributed by atoms with E-state index in [1.165, 1.54) is 18.4 Å². The highest BCUT2D eigenvalue weighted by molar-refractivity contribution is 5.36. The number of aromatic nitrogens is 1. The lowest BCUT2D eigenvalue weighted by atomic mass is 10.2. The number of nitrogens with zero attached hydrogens (tertiary/aromatic N) is 1. The molecule has 1 aromatic rings. The topological polar surface area (TPSA) is 37.0 Å². The monoisotopic (exact) mass is 221 g/mol. The summed E-state index contributed by atoms with van der Waals surface area (Å²) in [4.78, 5) is 4.25. The van der Waals surface area contributed by atoms with Crippen LogP contribution in [-0.4, -0.2) is 24.1 Å². The number of anilines is 1. The largest absolute Gasteiger partial charge is 0.369 e. The summed E-state index contributed by atoms with van der Waals surface area (Å²) in [6, 6.07) is 4.68. The third kappa shape index (κ3) is 5.12. The molecule has 0 saturated heterocycles. The fourth-order valence-corrected chi connectivity index (χ4v) is 1.68. The van der Waals surface area contributed by atoms with Crippen molar-refractivity contribution in [3.63, 3.8) is 0 Å². The van der Waals surface area contributed by atoms with Gasteiger partial charge in [-0.1, -0.05) is 13.3 Å². The Morgan fingerprint density at radius 3 is 2.88 bits per heavy atom. The minimum atomic E-state index is 0.609. The van der Waals surface area contributed by atoms with Crippen molar-refractivity contribution in [2.75, 3.05) is 18.4 Å². The Kier molecular flexibility index (Phi) is 5.86. The molecule has 0 spiro atoms. The van der Waals surface area contributed by atoms with Crippen LogP contribution in [0.4, 0.5) is 5.82 Å². The molecule has 0 aliphatic carbocycles. The van der Waals surface area contributed by atoms with Gasteiger partial charge in [-0.05, 0) is 38.0 Å². The van der Waals surface area contributed by atoms with E-state index in [0.29, 0.717) is 6.04 Å². The zero-order valence-corrected chi connectivity index (χ0v) is 10.6. The molecule has 1 unspecified atom stereocenters. The van der Waals surface area contributed by atoms with Crippen LogP contribution in [0, 0.1) is 6.92 Å². The van der Waals surface area contributed by atoms with Gasteiger partial charge in [-0.2, -0.15) is 0 Å². The quantitative estimate of drug-likeness (QED) is 0.695. The lowest BCUT2D eigenvalue weighted by Crippen LogP contribution is -2.30. The first-order chi connectivity index (χ1) is 7.72. The standard InChI is InChI=1S/C13H23N3/c1-4-5-12(3)14-8-9-16-13-10-11(2)6-7-15-13/h6-7,10,12,14H,4-5,8-9H2,1-3H3,(H,15,16). The van der Waals surface area contributed by atoms with Crippen molar-refractivity contribution in [3.8, 4) is 0 Å². The maximum absolute atomic E-state index is 4.25. The number of rotatable bonds is 7. The maximum atomic E-state index is 4.25. The van der Waals surface area contributed by atoms with E-state index in [2.05, 4.69) is 42.5 Å². The van der Waals surface area contributed by atoms with Crippen molar-refractivity contribution in [1.82, 2.24) is 10.3 Å². The molecule has 0 fully saturated rings. The Bertz CT molecular complexity index is 299. The molecule has 90 valence electrons. The molecule has 3 heteroatoms. The molecule has 2 N–H and O–H groups in total. The Hall–Kier alpha value is -1.09. The Morgan fingerprint density at radius 1 is 1.38 bits per heavy atom. The smallest absolute Gasteiger partial charge is 0.126 e. The fourth-order valence-electron chi connectivity index (χ4n) is 1.68. The van der Waals surface area contributed by atoms with Gasteiger partial charge in [0.05, 0.1) is 0 Å². The van der Waals surface area contributed by atoms with Crippen LogP contribution in [0.25, 0.3) is 0 Å². The van der Waals surface area contributed by atoms with Crippen molar-refractivity contribution in [2.24, 2.45) is 0 Å². The second kappa shape index (κ2) is 7.23. The zero-order chi connectivity index (χ0) is 11.8. The van der Waals surface area contributed by atoms with Gasteiger partial charge in [0.2, 0.25) is 0 Å². The van der Waals surface area contributed by atoms with Crippen LogP contribution in [0.3, 0.4) is 0 Å². The fraction of sp³-hybridized carbons (Fsp3) is 0.615. The van der Waals surface area contributed by atoms with E-state index in [1.807, 2.05) is 12.3 Å². The molecule has 1 aromatic heterocycles. The number of pyridine rings is 1. The van der Waals surface area contributed by atoms with E-state index >= 15 is 0 Å². The summed E-state index contributed by atoms with van der Waals surface area (Å²) in [7, 11) is 0. The van der Waals surface area contributed by atoms with Crippen LogP contribution >= 0.6 is 0 Å². The summed E-state index contributed by atoms with van der Waals surface area (Å²) >= 11 is 0. The molecule has 1 rings (SSSR count). The van der Waals surface area contributed by atoms with Gasteiger partial charge in [0, 0.05) is 25.3 Å². The van der Waals surface area contributed by atoms with E-state index in [4.69, 9.17) is 0 Å². The Morgan fingerprint density at radius 2 is 2.19 bits per heavy atom. The van der Waals surface area contributed by atoms with E-state index < -0.39 is 0 Å². The SMILES string of the molecule is CCCC(C)NCCNc1cc(C)ccn1. The Balaban J connectivity index is 2.16. The summed E-state index contributed by atoms with van der Waals surface area (Å²) in [5.41, 5.74) is 1.24. The molecule has 3 nitrogen and oxygen atoms in total. The van der Waals surface area contributed by atoms with Crippen molar-refractivity contribution < 1.29 is 0 Å². The lowest BCUT2D eigenvalue weighted by molar-refractivity contribution is 0.519. The van der Waals surface area contributed by atoms with E-state index in [1.54, 1.807) is 0 Å². The normalized spacial score (nSPS) is 12.4. The highest BCUT2D eigenvalue weighted by Gasteiger charge is 1.98. The van der Waals surface area contributed by atoms with Crippen molar-refractivity contribution in [1.29, 1.82) is 0 Å². The van der Waals surface area contributed by atoms with Gasteiger partial charge in [0.1, 0.15) is 5.82 Å². The van der Waals surface area contributed by atoms with E-state index in [0.717, 1.165) is 18.9 Å². The Labute approximate surface area is 98.7 Å². The minimum Gasteiger partial charge on any atom is -0.369 e. The molecular weight excluding hydrogens is 198 g/mol. The van der Waals surface area contributed by atoms with Gasteiger partial charge >= 0.3 is 0 Å². The van der Waals surface area contributed by atoms with Gasteiger partial charge < -0.3 is 10.6 Å². The number of hydrogen-bond acceptors (Lipinski definition) is 3. The van der Waals surface area contributed by atoms with Crippen LogP contribution < -0.4 is 10.6 Å². The van der Waals surface area contributed by atoms with Crippen LogP contribution in [-0.2, 0) is 0 Å². The summed E-state index contributed by atoms with van der Waals surface area (Å²) in [5, 5.41) is 6.79. The zero-order valence-electron chi connectivity index (χ0n) is 10.6. The van der Waals surface area contributed by atoms with Crippen molar-refractivity contribution >= 4 is 5.82 Å². The minimum absolute atomic E-state index is 0.609. The molecule has 0 saturated carbocycles. The molecule has 0 amide bonds. The molecule has 16 heavy (non-hydrogen) atoms. The second-order valence-corrected chi connectivity index (χ2v) is 4.29. The predicted octanol–water partition coefficient (Wildman–Crippen LogP) is 2.58. The molecule has 1 heterocycles. The highest BCUT2D eigenvalue weighted by Crippen LogP contribution is 2.04. The molecule has 0 aromatic carbocycles. The summed E-state index contributed by atoms with van der Waals surface area (Å²) in [6.07, 6.45) is 4.31. The van der Waals surface area contributed by atoms with Gasteiger partial charge in [-0.3, -0.25) is 0 Å². The van der Waals surface area contributed by atoms with Gasteiger partial charge in [-0.25, -0.2) is 4.98 Å². The molecule has 0 radical (unpaired) electrons. The average molecular weight is 221 g/mol. The number of hydrogen-bond donors (Lipinski definition) is 2. The average Bonchev–Trinajstić information content (AvgIpc) is 2.25. The molecule has 0 bridgehead atoms. The molecule has 1 atom stereocenters. The molecule has 0 aliphatic heterocycles. The second-order valence-electron chi connectivity index (χ2n) is 4.29. The number of nitrogens with one attached hydrogen (secondary N) is 2. The van der Waals surface area contributed by atoms with Crippen LogP contribution in [0.5, 0.6) is 0 Å². The van der Waals surface area contributed by atoms with Crippen molar-refractivity contribution in [3.05, 3.63) is 23.9 Å². The van der Waals surface area contributed by atoms with Crippen LogP contribution in [0.1, 0.15) is 32.3 Å². The molecular formula is C13H23N3. The number of aryl methyl sites for hydroxylation is 1. The van der Waals surface area contributed by atoms with Crippen LogP contribution in [0.15, 0.2) is 18.3 Å². The first kappa shape index (κ1) is 13.0. The highest BCUT2D eigenvalue weighted by atomic mass is 15.0. The van der Waals surface area contributed by atoms with Gasteiger partial charge in [-0.15, -0.1) is 0 Å². The lowest BCUT2D eigenvalue weighted by Gasteiger charge is -2.13. The van der Waals surface area contributed by atoms with Gasteiger partial charge in [0.15, 0.2) is 0 Å². The van der Waals surface area contributed by atoms with Gasteiger partial charge in [0.25, 0.3) is 0 Å². The van der Waals surface area contributed by atoms with E-state index in [-0.39, 0.29) is 0 Å². The summed E-state index contributed by atoms with van der Waals surface area (Å²) in [6.45, 7) is 8.43. The third-order valence-electron chi connectivity index (χ3n) is 2.56. The summed E-state index contributed by atoms with van der Waals surface area (Å²) < 4.78 is 0. The predicted molar refractivity (Wildman–Crippen MR) is 69.8 cm³/mol. The first-order valence-corrected chi connectivity index (χ1v) is 6.12. The summed E-state index contributed by atoms with van der Waals surface area (Å²) in [5.74, 6) is 0.963. The van der Waals surface area contributed by atoms with E-state index in [9.17, 15) is 0 Å². The first-order valence-electron chi connectivity index (χ1n) is 6.12. The third-order valence-corrected chi connectivity index (χ3v) is 2.56. The maximum Gasteiger partial charge on any atom is 0.126 e. The van der Waals surface area contributed by atoms with Crippen molar-refractivity contribution in [2.45, 2.75) is 39.7 Å².